The standard InChI is InChI=1S/C27H29Cl2N3O5S/c1-4-37-22-13-11-21(12-14-22)32(38(35,36)23-8-6-5-7-9-23)18-26(33)31(19(2)27(34)30-3)17-20-10-15-24(28)25(29)16-20/h5-16,19H,4,17-18H2,1-3H3,(H,30,34)/t19-/m0/s1. The van der Waals surface area contributed by atoms with Crippen LogP contribution in [-0.2, 0) is 26.2 Å². The number of hydrogen-bond donors (Lipinski definition) is 1. The molecule has 3 aromatic carbocycles. The molecule has 3 rings (SSSR count). The summed E-state index contributed by atoms with van der Waals surface area (Å²) in [6, 6.07) is 18.2. The molecule has 0 bridgehead atoms. The second-order valence-electron chi connectivity index (χ2n) is 8.31. The minimum atomic E-state index is -4.14. The minimum absolute atomic E-state index is 0.00676. The lowest BCUT2D eigenvalue weighted by Gasteiger charge is -2.31. The van der Waals surface area contributed by atoms with Crippen LogP contribution in [0.5, 0.6) is 5.75 Å². The maximum absolute atomic E-state index is 13.7. The van der Waals surface area contributed by atoms with Gasteiger partial charge in [0, 0.05) is 13.6 Å². The van der Waals surface area contributed by atoms with Crippen molar-refractivity contribution in [2.45, 2.75) is 31.3 Å². The fourth-order valence-electron chi connectivity index (χ4n) is 3.75. The molecular weight excluding hydrogens is 549 g/mol. The zero-order valence-electron chi connectivity index (χ0n) is 21.2. The molecule has 8 nitrogen and oxygen atoms in total. The van der Waals surface area contributed by atoms with Crippen LogP contribution < -0.4 is 14.4 Å². The topological polar surface area (TPSA) is 96.0 Å². The van der Waals surface area contributed by atoms with Crippen molar-refractivity contribution in [1.29, 1.82) is 0 Å². The lowest BCUT2D eigenvalue weighted by molar-refractivity contribution is -0.139. The van der Waals surface area contributed by atoms with E-state index >= 15 is 0 Å². The number of carbonyl (C=O) groups excluding carboxylic acids is 2. The second kappa shape index (κ2) is 13.0. The van der Waals surface area contributed by atoms with E-state index in [0.29, 0.717) is 28.0 Å². The molecule has 0 radical (unpaired) electrons. The number of halogens is 2. The Morgan fingerprint density at radius 1 is 0.974 bits per heavy atom. The van der Waals surface area contributed by atoms with Gasteiger partial charge in [0.2, 0.25) is 11.8 Å². The predicted octanol–water partition coefficient (Wildman–Crippen LogP) is 4.75. The molecule has 3 aromatic rings. The number of hydrogen-bond acceptors (Lipinski definition) is 5. The van der Waals surface area contributed by atoms with Crippen molar-refractivity contribution >= 4 is 50.7 Å². The van der Waals surface area contributed by atoms with Gasteiger partial charge >= 0.3 is 0 Å². The van der Waals surface area contributed by atoms with Gasteiger partial charge in [0.15, 0.2) is 0 Å². The molecule has 11 heteroatoms. The van der Waals surface area contributed by atoms with Crippen molar-refractivity contribution in [3.8, 4) is 5.75 Å². The van der Waals surface area contributed by atoms with Crippen LogP contribution in [0.3, 0.4) is 0 Å². The number of benzene rings is 3. The van der Waals surface area contributed by atoms with Crippen LogP contribution in [0, 0.1) is 0 Å². The smallest absolute Gasteiger partial charge is 0.264 e. The van der Waals surface area contributed by atoms with Crippen LogP contribution in [0.25, 0.3) is 0 Å². The number of rotatable bonds is 11. The molecule has 1 atom stereocenters. The highest BCUT2D eigenvalue weighted by atomic mass is 35.5. The minimum Gasteiger partial charge on any atom is -0.494 e. The quantitative estimate of drug-likeness (QED) is 0.354. The molecule has 202 valence electrons. The van der Waals surface area contributed by atoms with Crippen LogP contribution in [-0.4, -0.2) is 51.4 Å². The Kier molecular flexibility index (Phi) is 10.0. The summed E-state index contributed by atoms with van der Waals surface area (Å²) < 4.78 is 33.9. The van der Waals surface area contributed by atoms with Crippen LogP contribution in [0.4, 0.5) is 5.69 Å². The van der Waals surface area contributed by atoms with E-state index in [1.165, 1.54) is 24.1 Å². The first kappa shape index (κ1) is 29.3. The number of amides is 2. The molecule has 0 fully saturated rings. The SMILES string of the molecule is CCOc1ccc(N(CC(=O)N(Cc2ccc(Cl)c(Cl)c2)[C@@H](C)C(=O)NC)S(=O)(=O)c2ccccc2)cc1. The van der Waals surface area contributed by atoms with E-state index in [1.807, 2.05) is 6.92 Å². The lowest BCUT2D eigenvalue weighted by atomic mass is 10.1. The molecule has 0 aliphatic heterocycles. The van der Waals surface area contributed by atoms with Crippen LogP contribution in [0.15, 0.2) is 77.7 Å². The zero-order valence-corrected chi connectivity index (χ0v) is 23.6. The molecule has 0 aliphatic carbocycles. The molecule has 0 heterocycles. The molecular formula is C27H29Cl2N3O5S. The summed E-state index contributed by atoms with van der Waals surface area (Å²) in [5.74, 6) is -0.424. The third-order valence-corrected chi connectivity index (χ3v) is 8.32. The summed E-state index contributed by atoms with van der Waals surface area (Å²) in [4.78, 5) is 27.6. The first-order valence-corrected chi connectivity index (χ1v) is 14.0. The fraction of sp³-hybridized carbons (Fsp3) is 0.259. The lowest BCUT2D eigenvalue weighted by Crippen LogP contribution is -2.50. The van der Waals surface area contributed by atoms with Crippen LogP contribution in [0.1, 0.15) is 19.4 Å². The van der Waals surface area contributed by atoms with Gasteiger partial charge in [-0.3, -0.25) is 13.9 Å². The molecule has 0 spiro atoms. The maximum atomic E-state index is 13.7. The number of nitrogens with one attached hydrogen (secondary N) is 1. The summed E-state index contributed by atoms with van der Waals surface area (Å²) in [6.45, 7) is 3.32. The monoisotopic (exact) mass is 577 g/mol. The highest BCUT2D eigenvalue weighted by molar-refractivity contribution is 7.92. The normalized spacial score (nSPS) is 11.9. The summed E-state index contributed by atoms with van der Waals surface area (Å²) in [7, 11) is -2.67. The molecule has 0 unspecified atom stereocenters. The number of likely N-dealkylation sites (N-methyl/N-ethyl adjacent to an activating group) is 1. The van der Waals surface area contributed by atoms with Crippen molar-refractivity contribution in [2.24, 2.45) is 0 Å². The van der Waals surface area contributed by atoms with Gasteiger partial charge < -0.3 is 15.0 Å². The average Bonchev–Trinajstić information content (AvgIpc) is 2.92. The Hall–Kier alpha value is -3.27. The van der Waals surface area contributed by atoms with E-state index in [9.17, 15) is 18.0 Å². The van der Waals surface area contributed by atoms with Gasteiger partial charge in [-0.15, -0.1) is 0 Å². The van der Waals surface area contributed by atoms with Gasteiger partial charge in [0.05, 0.1) is 27.2 Å². The van der Waals surface area contributed by atoms with E-state index < -0.39 is 34.4 Å². The average molecular weight is 579 g/mol. The van der Waals surface area contributed by atoms with E-state index in [-0.39, 0.29) is 17.1 Å². The number of ether oxygens (including phenoxy) is 1. The number of nitrogens with zero attached hydrogens (tertiary/aromatic N) is 2. The highest BCUT2D eigenvalue weighted by Crippen LogP contribution is 2.27. The van der Waals surface area contributed by atoms with E-state index in [4.69, 9.17) is 27.9 Å². The first-order valence-electron chi connectivity index (χ1n) is 11.8. The summed E-state index contributed by atoms with van der Waals surface area (Å²) in [5.41, 5.74) is 0.898. The first-order chi connectivity index (χ1) is 18.1. The van der Waals surface area contributed by atoms with E-state index in [1.54, 1.807) is 67.6 Å². The van der Waals surface area contributed by atoms with Gasteiger partial charge in [-0.25, -0.2) is 8.42 Å². The van der Waals surface area contributed by atoms with Gasteiger partial charge in [-0.1, -0.05) is 47.5 Å². The molecule has 0 aromatic heterocycles. The van der Waals surface area contributed by atoms with Gasteiger partial charge in [-0.2, -0.15) is 0 Å². The molecule has 0 aliphatic rings. The molecule has 38 heavy (non-hydrogen) atoms. The molecule has 0 saturated heterocycles. The summed E-state index contributed by atoms with van der Waals surface area (Å²) in [5, 5.41) is 3.19. The Morgan fingerprint density at radius 2 is 1.63 bits per heavy atom. The van der Waals surface area contributed by atoms with Gasteiger partial charge in [0.25, 0.3) is 10.0 Å². The van der Waals surface area contributed by atoms with Crippen molar-refractivity contribution in [3.05, 3.63) is 88.4 Å². The van der Waals surface area contributed by atoms with Gasteiger partial charge in [0.1, 0.15) is 18.3 Å². The molecule has 2 amide bonds. The van der Waals surface area contributed by atoms with Crippen LogP contribution >= 0.6 is 23.2 Å². The van der Waals surface area contributed by atoms with Crippen molar-refractivity contribution in [1.82, 2.24) is 10.2 Å². The zero-order chi connectivity index (χ0) is 27.9. The highest BCUT2D eigenvalue weighted by Gasteiger charge is 2.32. The largest absolute Gasteiger partial charge is 0.494 e. The fourth-order valence-corrected chi connectivity index (χ4v) is 5.51. The Balaban J connectivity index is 2.02. The Bertz CT molecular complexity index is 1370. The molecule has 1 N–H and O–H groups in total. The number of carbonyl (C=O) groups is 2. The Morgan fingerprint density at radius 3 is 2.21 bits per heavy atom. The van der Waals surface area contributed by atoms with E-state index in [0.717, 1.165) is 4.31 Å². The van der Waals surface area contributed by atoms with E-state index in [2.05, 4.69) is 5.32 Å². The Labute approximate surface area is 233 Å². The summed E-state index contributed by atoms with van der Waals surface area (Å²) >= 11 is 12.2. The van der Waals surface area contributed by atoms with Crippen molar-refractivity contribution < 1.29 is 22.7 Å². The van der Waals surface area contributed by atoms with Crippen molar-refractivity contribution in [2.75, 3.05) is 24.5 Å². The predicted molar refractivity (Wildman–Crippen MR) is 149 cm³/mol. The number of anilines is 1. The third kappa shape index (κ3) is 6.98. The van der Waals surface area contributed by atoms with Gasteiger partial charge in [-0.05, 0) is 67.9 Å². The second-order valence-corrected chi connectivity index (χ2v) is 11.0. The number of sulfonamides is 1. The van der Waals surface area contributed by atoms with Crippen LogP contribution in [0.2, 0.25) is 10.0 Å². The third-order valence-electron chi connectivity index (χ3n) is 5.80. The van der Waals surface area contributed by atoms with Crippen molar-refractivity contribution in [3.63, 3.8) is 0 Å². The molecule has 0 saturated carbocycles. The summed E-state index contributed by atoms with van der Waals surface area (Å²) in [6.07, 6.45) is 0. The maximum Gasteiger partial charge on any atom is 0.264 e.